The van der Waals surface area contributed by atoms with Gasteiger partial charge in [0.15, 0.2) is 0 Å². The molecule has 0 saturated heterocycles. The topological polar surface area (TPSA) is 16.4 Å². The molecule has 0 aliphatic carbocycles. The van der Waals surface area contributed by atoms with Gasteiger partial charge in [0.05, 0.1) is 10.4 Å². The number of fused-ring (bicyclic) bond motifs is 9. The molecular weight excluding hydrogens is 663 g/mol. The number of anilines is 3. The van der Waals surface area contributed by atoms with Crippen molar-refractivity contribution in [2.24, 2.45) is 0 Å². The molecule has 11 rings (SSSR count). The first-order valence-corrected chi connectivity index (χ1v) is 18.8. The highest BCUT2D eigenvalue weighted by Gasteiger charge is 2.21. The van der Waals surface area contributed by atoms with Gasteiger partial charge in [-0.2, -0.15) is 0 Å². The summed E-state index contributed by atoms with van der Waals surface area (Å²) in [5, 5.41) is 9.81. The molecule has 0 aliphatic heterocycles. The monoisotopic (exact) mass is 693 g/mol. The summed E-state index contributed by atoms with van der Waals surface area (Å²) in [5.74, 6) is 0. The Labute approximate surface area is 310 Å². The molecule has 0 N–H and O–H groups in total. The summed E-state index contributed by atoms with van der Waals surface area (Å²) in [6.07, 6.45) is 0. The molecule has 0 fully saturated rings. The quantitative estimate of drug-likeness (QED) is 0.167. The zero-order valence-electron chi connectivity index (χ0n) is 28.7. The van der Waals surface area contributed by atoms with Crippen LogP contribution < -0.4 is 4.90 Å². The third-order valence-corrected chi connectivity index (χ3v) is 11.9. The largest absolute Gasteiger partial charge is 0.455 e. The van der Waals surface area contributed by atoms with E-state index in [1.54, 1.807) is 0 Å². The fourth-order valence-corrected chi connectivity index (χ4v) is 9.49. The van der Waals surface area contributed by atoms with Crippen molar-refractivity contribution in [2.75, 3.05) is 4.90 Å². The summed E-state index contributed by atoms with van der Waals surface area (Å²) < 4.78 is 9.01. The third-order valence-electron chi connectivity index (χ3n) is 10.7. The number of hydrogen-bond donors (Lipinski definition) is 0. The Hall–Kier alpha value is -6.68. The van der Waals surface area contributed by atoms with Crippen molar-refractivity contribution in [3.63, 3.8) is 0 Å². The second kappa shape index (κ2) is 11.9. The van der Waals surface area contributed by atoms with Crippen LogP contribution in [0.5, 0.6) is 0 Å². The molecule has 0 saturated carbocycles. The van der Waals surface area contributed by atoms with E-state index < -0.39 is 0 Å². The number of nitrogens with zero attached hydrogens (tertiary/aromatic N) is 1. The summed E-state index contributed by atoms with van der Waals surface area (Å²) >= 11 is 1.88. The molecule has 2 aromatic heterocycles. The Morgan fingerprint density at radius 3 is 1.83 bits per heavy atom. The van der Waals surface area contributed by atoms with E-state index in [0.29, 0.717) is 0 Å². The zero-order chi connectivity index (χ0) is 34.9. The maximum absolute atomic E-state index is 6.44. The van der Waals surface area contributed by atoms with Gasteiger partial charge in [-0.3, -0.25) is 0 Å². The van der Waals surface area contributed by atoms with E-state index in [1.165, 1.54) is 52.8 Å². The van der Waals surface area contributed by atoms with Crippen LogP contribution in [0.3, 0.4) is 0 Å². The maximum Gasteiger partial charge on any atom is 0.143 e. The van der Waals surface area contributed by atoms with Gasteiger partial charge in [0, 0.05) is 43.2 Å². The number of rotatable bonds is 5. The normalized spacial score (nSPS) is 11.8. The lowest BCUT2D eigenvalue weighted by Gasteiger charge is -2.27. The Morgan fingerprint density at radius 2 is 0.981 bits per heavy atom. The van der Waals surface area contributed by atoms with E-state index in [-0.39, 0.29) is 0 Å². The van der Waals surface area contributed by atoms with E-state index in [9.17, 15) is 0 Å². The SMILES string of the molecule is c1ccc(-c2cccc3c2sc2c(N(c4ccc(-c5cccc6c5oc5ccccc56)cc4)c4ccc5ccc6ccccc6c5c4)cccc23)cc1. The fourth-order valence-electron chi connectivity index (χ4n) is 8.15. The fraction of sp³-hybridized carbons (Fsp3) is 0. The van der Waals surface area contributed by atoms with Gasteiger partial charge in [0.25, 0.3) is 0 Å². The van der Waals surface area contributed by atoms with Crippen molar-refractivity contribution in [2.45, 2.75) is 0 Å². The van der Waals surface area contributed by atoms with Gasteiger partial charge in [0.2, 0.25) is 0 Å². The van der Waals surface area contributed by atoms with Crippen LogP contribution in [0.1, 0.15) is 0 Å². The van der Waals surface area contributed by atoms with Crippen molar-refractivity contribution in [3.05, 3.63) is 188 Å². The molecule has 0 atom stereocenters. The summed E-state index contributed by atoms with van der Waals surface area (Å²) in [5.41, 5.74) is 9.92. The molecule has 2 heterocycles. The Morgan fingerprint density at radius 1 is 0.377 bits per heavy atom. The number of thiophene rings is 1. The molecule has 2 nitrogen and oxygen atoms in total. The Bertz CT molecular complexity index is 3170. The average Bonchev–Trinajstić information content (AvgIpc) is 3.81. The van der Waals surface area contributed by atoms with Crippen molar-refractivity contribution in [1.82, 2.24) is 0 Å². The van der Waals surface area contributed by atoms with Gasteiger partial charge >= 0.3 is 0 Å². The number of benzene rings is 9. The van der Waals surface area contributed by atoms with Crippen LogP contribution in [-0.4, -0.2) is 0 Å². The summed E-state index contributed by atoms with van der Waals surface area (Å²) in [7, 11) is 0. The molecule has 248 valence electrons. The van der Waals surface area contributed by atoms with Crippen molar-refractivity contribution in [3.8, 4) is 22.3 Å². The van der Waals surface area contributed by atoms with Crippen molar-refractivity contribution < 1.29 is 4.42 Å². The van der Waals surface area contributed by atoms with E-state index in [2.05, 4.69) is 181 Å². The van der Waals surface area contributed by atoms with Crippen molar-refractivity contribution in [1.29, 1.82) is 0 Å². The maximum atomic E-state index is 6.44. The van der Waals surface area contributed by atoms with E-state index in [1.807, 2.05) is 23.5 Å². The molecule has 11 aromatic rings. The Balaban J connectivity index is 1.13. The lowest BCUT2D eigenvalue weighted by molar-refractivity contribution is 0.670. The lowest BCUT2D eigenvalue weighted by Crippen LogP contribution is -2.10. The average molecular weight is 694 g/mol. The van der Waals surface area contributed by atoms with Gasteiger partial charge in [-0.15, -0.1) is 11.3 Å². The molecule has 0 spiro atoms. The summed E-state index contributed by atoms with van der Waals surface area (Å²) in [4.78, 5) is 2.44. The number of para-hydroxylation sites is 2. The highest BCUT2D eigenvalue weighted by molar-refractivity contribution is 7.27. The summed E-state index contributed by atoms with van der Waals surface area (Å²) in [6.45, 7) is 0. The van der Waals surface area contributed by atoms with Crippen LogP contribution in [0.25, 0.3) is 85.9 Å². The van der Waals surface area contributed by atoms with E-state index >= 15 is 0 Å². The number of furan rings is 1. The van der Waals surface area contributed by atoms with Gasteiger partial charge in [-0.1, -0.05) is 152 Å². The minimum Gasteiger partial charge on any atom is -0.455 e. The first-order chi connectivity index (χ1) is 26.3. The van der Waals surface area contributed by atoms with Crippen molar-refractivity contribution >= 4 is 92.1 Å². The van der Waals surface area contributed by atoms with Crippen LogP contribution in [-0.2, 0) is 0 Å². The highest BCUT2D eigenvalue weighted by Crippen LogP contribution is 2.48. The molecule has 3 heteroatoms. The number of hydrogen-bond acceptors (Lipinski definition) is 3. The van der Waals surface area contributed by atoms with E-state index in [0.717, 1.165) is 50.1 Å². The van der Waals surface area contributed by atoms with Crippen LogP contribution in [0.15, 0.2) is 192 Å². The minimum atomic E-state index is 0.911. The molecule has 0 amide bonds. The van der Waals surface area contributed by atoms with E-state index in [4.69, 9.17) is 4.42 Å². The first-order valence-electron chi connectivity index (χ1n) is 18.0. The predicted octanol–water partition coefficient (Wildman–Crippen LogP) is 15.1. The van der Waals surface area contributed by atoms with Gasteiger partial charge < -0.3 is 9.32 Å². The molecule has 9 aromatic carbocycles. The summed E-state index contributed by atoms with van der Waals surface area (Å²) in [6, 6.07) is 67.9. The van der Waals surface area contributed by atoms with Gasteiger partial charge in [-0.25, -0.2) is 0 Å². The molecular formula is C50H31NOS. The lowest BCUT2D eigenvalue weighted by atomic mass is 10.00. The highest BCUT2D eigenvalue weighted by atomic mass is 32.1. The van der Waals surface area contributed by atoms with Gasteiger partial charge in [-0.05, 0) is 74.6 Å². The molecule has 0 aliphatic rings. The van der Waals surface area contributed by atoms with Crippen LogP contribution in [0.4, 0.5) is 17.1 Å². The second-order valence-electron chi connectivity index (χ2n) is 13.7. The first kappa shape index (κ1) is 30.0. The third kappa shape index (κ3) is 4.78. The molecule has 0 bridgehead atoms. The molecule has 0 radical (unpaired) electrons. The molecule has 53 heavy (non-hydrogen) atoms. The predicted molar refractivity (Wildman–Crippen MR) is 227 cm³/mol. The second-order valence-corrected chi connectivity index (χ2v) is 14.7. The van der Waals surface area contributed by atoms with Crippen LogP contribution in [0, 0.1) is 0 Å². The Kier molecular flexibility index (Phi) is 6.76. The van der Waals surface area contributed by atoms with Gasteiger partial charge in [0.1, 0.15) is 11.2 Å². The minimum absolute atomic E-state index is 0.911. The standard InChI is InChI=1S/C50H31NOS/c1-2-11-32(12-3-1)40-17-9-19-43-44-20-10-21-46(50(44)53-49(40)43)51(37-30-27-35-24-23-33-13-4-5-14-38(33)45(35)31-37)36-28-25-34(26-29-36)39-16-8-18-42-41-15-6-7-22-47(41)52-48(39)42/h1-31H. The zero-order valence-corrected chi connectivity index (χ0v) is 29.5. The van der Waals surface area contributed by atoms with Crippen LogP contribution >= 0.6 is 11.3 Å². The molecule has 0 unspecified atom stereocenters. The van der Waals surface area contributed by atoms with Crippen LogP contribution in [0.2, 0.25) is 0 Å². The smallest absolute Gasteiger partial charge is 0.143 e.